The fraction of sp³-hybridized carbons (Fsp3) is 0. The summed E-state index contributed by atoms with van der Waals surface area (Å²) in [5.41, 5.74) is 13.2. The number of anilines is 2. The fourth-order valence-electron chi connectivity index (χ4n) is 5.90. The van der Waals surface area contributed by atoms with Crippen LogP contribution in [0.15, 0.2) is 122 Å². The molecular weight excluding hydrogens is 656 g/mol. The van der Waals surface area contributed by atoms with Gasteiger partial charge in [-0.2, -0.15) is 0 Å². The molecule has 0 aliphatic carbocycles. The number of fused-ring (bicyclic) bond motifs is 11. The van der Waals surface area contributed by atoms with Crippen molar-refractivity contribution in [2.45, 2.75) is 0 Å². The number of hydrogen-bond donors (Lipinski definition) is 0. The SMILES string of the molecule is [Pt+2].[c-]1c(-c2ccccn2)ccc2c1N1B(c3ccccc3-2)c2ccccc2-c2ccc(-c3ccccn3)[c-]c21. The normalized spacial score (nSPS) is 12.3. The first kappa shape index (κ1) is 23.8. The summed E-state index contributed by atoms with van der Waals surface area (Å²) in [6.45, 7) is 0.00728. The predicted molar refractivity (Wildman–Crippen MR) is 155 cm³/mol. The van der Waals surface area contributed by atoms with Gasteiger partial charge in [-0.1, -0.05) is 117 Å². The van der Waals surface area contributed by atoms with E-state index in [0.29, 0.717) is 0 Å². The van der Waals surface area contributed by atoms with Crippen LogP contribution in [-0.2, 0) is 21.1 Å². The zero-order chi connectivity index (χ0) is 25.1. The number of hydrogen-bond acceptors (Lipinski definition) is 3. The quantitative estimate of drug-likeness (QED) is 0.159. The van der Waals surface area contributed by atoms with Gasteiger partial charge in [0.05, 0.1) is 0 Å². The van der Waals surface area contributed by atoms with Gasteiger partial charge in [-0.15, -0.1) is 47.5 Å². The first-order valence-electron chi connectivity index (χ1n) is 12.8. The van der Waals surface area contributed by atoms with Crippen molar-refractivity contribution < 1.29 is 21.1 Å². The van der Waals surface area contributed by atoms with Gasteiger partial charge in [-0.3, -0.25) is 0 Å². The molecule has 0 spiro atoms. The minimum atomic E-state index is 0. The van der Waals surface area contributed by atoms with Crippen LogP contribution in [0, 0.1) is 12.1 Å². The van der Waals surface area contributed by atoms with Gasteiger partial charge in [-0.25, -0.2) is 0 Å². The summed E-state index contributed by atoms with van der Waals surface area (Å²) in [6.07, 6.45) is 3.67. The molecule has 2 aliphatic rings. The van der Waals surface area contributed by atoms with Crippen LogP contribution in [0.5, 0.6) is 0 Å². The van der Waals surface area contributed by atoms with Gasteiger partial charge in [0.1, 0.15) is 0 Å². The van der Waals surface area contributed by atoms with Gasteiger partial charge in [0, 0.05) is 12.4 Å². The zero-order valence-electron chi connectivity index (χ0n) is 20.8. The van der Waals surface area contributed by atoms with Crippen molar-refractivity contribution in [1.82, 2.24) is 9.97 Å². The van der Waals surface area contributed by atoms with Crippen LogP contribution in [0.2, 0.25) is 0 Å². The zero-order valence-corrected chi connectivity index (χ0v) is 23.1. The smallest absolute Gasteiger partial charge is 0.407 e. The monoisotopic (exact) mass is 676 g/mol. The van der Waals surface area contributed by atoms with Gasteiger partial charge in [0.25, 0.3) is 0 Å². The van der Waals surface area contributed by atoms with Crippen LogP contribution >= 0.6 is 0 Å². The molecule has 0 radical (unpaired) electrons. The van der Waals surface area contributed by atoms with Crippen LogP contribution in [-0.4, -0.2) is 16.8 Å². The second-order valence-corrected chi connectivity index (χ2v) is 9.65. The number of aromatic nitrogens is 2. The molecule has 0 unspecified atom stereocenters. The fourth-order valence-corrected chi connectivity index (χ4v) is 5.90. The van der Waals surface area contributed by atoms with Crippen molar-refractivity contribution in [2.24, 2.45) is 0 Å². The Labute approximate surface area is 242 Å². The van der Waals surface area contributed by atoms with Crippen molar-refractivity contribution in [3.63, 3.8) is 0 Å². The molecule has 0 saturated carbocycles. The third-order valence-electron chi connectivity index (χ3n) is 7.56. The number of rotatable bonds is 2. The van der Waals surface area contributed by atoms with Crippen molar-refractivity contribution in [1.29, 1.82) is 0 Å². The molecule has 3 nitrogen and oxygen atoms in total. The second kappa shape index (κ2) is 9.48. The van der Waals surface area contributed by atoms with E-state index in [1.165, 1.54) is 33.2 Å². The Morgan fingerprint density at radius 1 is 0.487 bits per heavy atom. The van der Waals surface area contributed by atoms with Crippen LogP contribution in [0.25, 0.3) is 44.8 Å². The topological polar surface area (TPSA) is 29.0 Å². The molecule has 4 heterocycles. The molecule has 0 amide bonds. The summed E-state index contributed by atoms with van der Waals surface area (Å²) < 4.78 is 0. The number of pyridine rings is 2. The van der Waals surface area contributed by atoms with E-state index in [9.17, 15) is 0 Å². The molecule has 2 aliphatic heterocycles. The van der Waals surface area contributed by atoms with Crippen molar-refractivity contribution >= 4 is 29.1 Å². The first-order valence-corrected chi connectivity index (χ1v) is 12.8. The Kier molecular flexibility index (Phi) is 5.79. The molecule has 184 valence electrons. The summed E-state index contributed by atoms with van der Waals surface area (Å²) in [7, 11) is 0. The van der Waals surface area contributed by atoms with E-state index in [-0.39, 0.29) is 27.9 Å². The van der Waals surface area contributed by atoms with Gasteiger partial charge in [0.2, 0.25) is 0 Å². The maximum atomic E-state index is 4.61. The van der Waals surface area contributed by atoms with Gasteiger partial charge in [-0.05, 0) is 23.5 Å². The van der Waals surface area contributed by atoms with Gasteiger partial charge in [0.15, 0.2) is 0 Å². The molecule has 8 rings (SSSR count). The van der Waals surface area contributed by atoms with E-state index in [1.807, 2.05) is 48.8 Å². The van der Waals surface area contributed by atoms with Crippen molar-refractivity contribution in [3.05, 3.63) is 134 Å². The summed E-state index contributed by atoms with van der Waals surface area (Å²) in [6, 6.07) is 45.8. The maximum absolute atomic E-state index is 4.61. The maximum Gasteiger partial charge on any atom is 2.00 e. The Hall–Kier alpha value is -4.27. The molecule has 6 aromatic rings. The molecule has 5 heteroatoms. The molecule has 4 aromatic carbocycles. The summed E-state index contributed by atoms with van der Waals surface area (Å²) >= 11 is 0. The number of nitrogens with zero attached hydrogens (tertiary/aromatic N) is 3. The minimum absolute atomic E-state index is 0. The van der Waals surface area contributed by atoms with Crippen LogP contribution < -0.4 is 15.7 Å². The average molecular weight is 676 g/mol. The summed E-state index contributed by atoms with van der Waals surface area (Å²) in [5.74, 6) is 0. The molecule has 0 N–H and O–H groups in total. The van der Waals surface area contributed by atoms with Gasteiger partial charge >= 0.3 is 27.9 Å². The van der Waals surface area contributed by atoms with E-state index in [1.54, 1.807) is 0 Å². The van der Waals surface area contributed by atoms with Gasteiger partial charge < -0.3 is 14.8 Å². The molecule has 0 saturated heterocycles. The third-order valence-corrected chi connectivity index (χ3v) is 7.56. The Balaban J connectivity index is 0.00000253. The van der Waals surface area contributed by atoms with Crippen LogP contribution in [0.3, 0.4) is 0 Å². The van der Waals surface area contributed by atoms with E-state index in [2.05, 4.69) is 99.7 Å². The Bertz CT molecular complexity index is 1710. The largest absolute Gasteiger partial charge is 2.00 e. The average Bonchev–Trinajstić information content (AvgIpc) is 3.01. The molecule has 0 fully saturated rings. The van der Waals surface area contributed by atoms with E-state index in [4.69, 9.17) is 0 Å². The van der Waals surface area contributed by atoms with E-state index >= 15 is 0 Å². The molecular formula is C34H20BN3Pt. The van der Waals surface area contributed by atoms with Crippen LogP contribution in [0.4, 0.5) is 11.4 Å². The second-order valence-electron chi connectivity index (χ2n) is 9.65. The standard InChI is InChI=1S/C34H20BN3.Pt/c1-3-11-29-25(9-1)27-17-15-23(31-13-5-7-19-36-31)21-33(27)38-34-22-24(32-14-6-8-20-37-32)16-18-28(34)26-10-2-4-12-30(26)35(29)38;/h1-20H;/q-2;+2. The van der Waals surface area contributed by atoms with E-state index < -0.39 is 0 Å². The Morgan fingerprint density at radius 3 is 1.41 bits per heavy atom. The first-order chi connectivity index (χ1) is 18.9. The third kappa shape index (κ3) is 3.71. The predicted octanol–water partition coefficient (Wildman–Crippen LogP) is 6.31. The minimum Gasteiger partial charge on any atom is -0.407 e. The Morgan fingerprint density at radius 2 is 0.949 bits per heavy atom. The molecule has 0 bridgehead atoms. The van der Waals surface area contributed by atoms with Crippen molar-refractivity contribution in [2.75, 3.05) is 4.81 Å². The molecule has 39 heavy (non-hydrogen) atoms. The molecule has 2 aromatic heterocycles. The summed E-state index contributed by atoms with van der Waals surface area (Å²) in [5, 5.41) is 0. The number of benzene rings is 4. The van der Waals surface area contributed by atoms with E-state index in [0.717, 1.165) is 33.9 Å². The summed E-state index contributed by atoms with van der Waals surface area (Å²) in [4.78, 5) is 11.7. The van der Waals surface area contributed by atoms with Crippen LogP contribution in [0.1, 0.15) is 0 Å². The molecule has 0 atom stereocenters. The van der Waals surface area contributed by atoms with Crippen molar-refractivity contribution in [3.8, 4) is 44.8 Å².